The zero-order valence-electron chi connectivity index (χ0n) is 23.5. The summed E-state index contributed by atoms with van der Waals surface area (Å²) in [5.41, 5.74) is 7.37. The molecule has 5 rings (SSSR count). The molecular formula is C34H31N3O4. The third-order valence-electron chi connectivity index (χ3n) is 6.70. The Morgan fingerprint density at radius 1 is 0.854 bits per heavy atom. The van der Waals surface area contributed by atoms with Crippen molar-refractivity contribution in [3.05, 3.63) is 114 Å². The predicted octanol–water partition coefficient (Wildman–Crippen LogP) is 6.94. The normalized spacial score (nSPS) is 10.7. The molecule has 0 bridgehead atoms. The van der Waals surface area contributed by atoms with Crippen LogP contribution in [0.15, 0.2) is 97.1 Å². The summed E-state index contributed by atoms with van der Waals surface area (Å²) in [5, 5.41) is 7.94. The van der Waals surface area contributed by atoms with E-state index in [-0.39, 0.29) is 12.3 Å². The molecule has 0 radical (unpaired) electrons. The topological polar surface area (TPSA) is 82.4 Å². The average Bonchev–Trinajstić information content (AvgIpc) is 3.33. The Bertz CT molecular complexity index is 1690. The van der Waals surface area contributed by atoms with Crippen molar-refractivity contribution < 1.29 is 19.1 Å². The molecule has 1 N–H and O–H groups in total. The number of aryl methyl sites for hydroxylation is 2. The van der Waals surface area contributed by atoms with Gasteiger partial charge in [-0.3, -0.25) is 9.59 Å². The fourth-order valence-corrected chi connectivity index (χ4v) is 4.66. The number of amides is 1. The number of anilines is 1. The summed E-state index contributed by atoms with van der Waals surface area (Å²) < 4.78 is 12.9. The molecule has 0 aliphatic rings. The smallest absolute Gasteiger partial charge is 0.309 e. The number of ether oxygens (including phenoxy) is 2. The molecule has 7 heteroatoms. The van der Waals surface area contributed by atoms with E-state index in [4.69, 9.17) is 14.6 Å². The minimum Gasteiger partial charge on any atom is -0.497 e. The number of rotatable bonds is 8. The van der Waals surface area contributed by atoms with Crippen molar-refractivity contribution in [2.75, 3.05) is 12.4 Å². The molecule has 1 aromatic heterocycles. The average molecular weight is 546 g/mol. The maximum absolute atomic E-state index is 12.6. The zero-order valence-corrected chi connectivity index (χ0v) is 23.5. The lowest BCUT2D eigenvalue weighted by Gasteiger charge is -2.12. The highest BCUT2D eigenvalue weighted by atomic mass is 16.5. The molecule has 1 amide bonds. The van der Waals surface area contributed by atoms with Gasteiger partial charge in [-0.05, 0) is 78.6 Å². The molecule has 7 nitrogen and oxygen atoms in total. The molecule has 0 saturated heterocycles. The van der Waals surface area contributed by atoms with Crippen molar-refractivity contribution in [3.8, 4) is 39.7 Å². The van der Waals surface area contributed by atoms with E-state index < -0.39 is 5.97 Å². The van der Waals surface area contributed by atoms with Gasteiger partial charge in [0, 0.05) is 18.2 Å². The van der Waals surface area contributed by atoms with Crippen molar-refractivity contribution in [1.82, 2.24) is 9.78 Å². The molecule has 206 valence electrons. The summed E-state index contributed by atoms with van der Waals surface area (Å²) in [5.74, 6) is 0.480. The van der Waals surface area contributed by atoms with E-state index >= 15 is 0 Å². The van der Waals surface area contributed by atoms with Crippen LogP contribution in [-0.4, -0.2) is 28.8 Å². The number of methoxy groups -OCH3 is 1. The van der Waals surface area contributed by atoms with Crippen molar-refractivity contribution >= 4 is 17.6 Å². The van der Waals surface area contributed by atoms with Gasteiger partial charge in [0.05, 0.1) is 24.8 Å². The van der Waals surface area contributed by atoms with E-state index in [1.54, 1.807) is 11.8 Å². The van der Waals surface area contributed by atoms with E-state index in [0.29, 0.717) is 22.8 Å². The number of aromatic nitrogens is 2. The number of benzene rings is 4. The molecule has 0 fully saturated rings. The maximum Gasteiger partial charge on any atom is 0.309 e. The highest BCUT2D eigenvalue weighted by Gasteiger charge is 2.25. The van der Waals surface area contributed by atoms with Crippen LogP contribution in [0.1, 0.15) is 23.6 Å². The van der Waals surface area contributed by atoms with Crippen molar-refractivity contribution in [3.63, 3.8) is 0 Å². The first-order valence-corrected chi connectivity index (χ1v) is 13.3. The van der Waals surface area contributed by atoms with Crippen LogP contribution >= 0.6 is 0 Å². The lowest BCUT2D eigenvalue weighted by Crippen LogP contribution is -2.14. The maximum atomic E-state index is 12.6. The number of esters is 1. The number of hydrogen-bond acceptors (Lipinski definition) is 5. The number of nitrogens with one attached hydrogen (secondary N) is 1. The Morgan fingerprint density at radius 2 is 1.54 bits per heavy atom. The van der Waals surface area contributed by atoms with E-state index in [9.17, 15) is 9.59 Å². The molecule has 5 aromatic rings. The van der Waals surface area contributed by atoms with Gasteiger partial charge < -0.3 is 14.8 Å². The highest BCUT2D eigenvalue weighted by Crippen LogP contribution is 2.42. The lowest BCUT2D eigenvalue weighted by molar-refractivity contribution is -0.132. The number of hydrogen-bond donors (Lipinski definition) is 1. The molecule has 4 aromatic carbocycles. The molecule has 0 unspecified atom stereocenters. The summed E-state index contributed by atoms with van der Waals surface area (Å²) in [4.78, 5) is 25.0. The summed E-state index contributed by atoms with van der Waals surface area (Å²) in [6.07, 6.45) is 0.281. The summed E-state index contributed by atoms with van der Waals surface area (Å²) in [7, 11) is 1.62. The van der Waals surface area contributed by atoms with Crippen LogP contribution < -0.4 is 14.8 Å². The zero-order chi connectivity index (χ0) is 28.9. The number of carbonyl (C=O) groups is 2. The van der Waals surface area contributed by atoms with Crippen molar-refractivity contribution in [2.45, 2.75) is 27.2 Å². The van der Waals surface area contributed by atoms with Gasteiger partial charge >= 0.3 is 5.97 Å². The highest BCUT2D eigenvalue weighted by molar-refractivity contribution is 5.93. The minimum absolute atomic E-state index is 0.105. The quantitative estimate of drug-likeness (QED) is 0.214. The van der Waals surface area contributed by atoms with Gasteiger partial charge in [-0.2, -0.15) is 9.78 Å². The van der Waals surface area contributed by atoms with Gasteiger partial charge in [0.1, 0.15) is 11.4 Å². The third-order valence-corrected chi connectivity index (χ3v) is 6.70. The second-order valence-electron chi connectivity index (χ2n) is 9.84. The third kappa shape index (κ3) is 6.20. The molecule has 0 aliphatic carbocycles. The Kier molecular flexibility index (Phi) is 7.97. The Labute approximate surface area is 239 Å². The van der Waals surface area contributed by atoms with Crippen LogP contribution in [-0.2, 0) is 16.0 Å². The number of nitrogens with zero attached hydrogens (tertiary/aromatic N) is 2. The molecular weight excluding hydrogens is 514 g/mol. The Hall–Kier alpha value is -5.17. The van der Waals surface area contributed by atoms with Gasteiger partial charge in [0.15, 0.2) is 0 Å². The van der Waals surface area contributed by atoms with Gasteiger partial charge in [-0.15, -0.1) is 0 Å². The van der Waals surface area contributed by atoms with Crippen LogP contribution in [0.25, 0.3) is 28.1 Å². The molecule has 41 heavy (non-hydrogen) atoms. The Morgan fingerprint density at radius 3 is 2.20 bits per heavy atom. The van der Waals surface area contributed by atoms with E-state index in [0.717, 1.165) is 39.3 Å². The molecule has 0 aliphatic heterocycles. The fraction of sp³-hybridized carbons (Fsp3) is 0.147. The summed E-state index contributed by atoms with van der Waals surface area (Å²) in [6.45, 7) is 5.38. The summed E-state index contributed by atoms with van der Waals surface area (Å²) >= 11 is 0. The fourth-order valence-electron chi connectivity index (χ4n) is 4.66. The molecule has 0 saturated carbocycles. The van der Waals surface area contributed by atoms with Gasteiger partial charge in [-0.1, -0.05) is 54.6 Å². The predicted molar refractivity (Wildman–Crippen MR) is 161 cm³/mol. The van der Waals surface area contributed by atoms with Gasteiger partial charge in [0.25, 0.3) is 0 Å². The van der Waals surface area contributed by atoms with Crippen LogP contribution in [0.5, 0.6) is 11.6 Å². The van der Waals surface area contributed by atoms with Crippen molar-refractivity contribution in [2.24, 2.45) is 0 Å². The molecule has 0 atom stereocenters. The second kappa shape index (κ2) is 11.9. The first-order chi connectivity index (χ1) is 19.8. The van der Waals surface area contributed by atoms with Crippen LogP contribution in [0.2, 0.25) is 0 Å². The van der Waals surface area contributed by atoms with Crippen molar-refractivity contribution in [1.29, 1.82) is 0 Å². The first-order valence-electron chi connectivity index (χ1n) is 13.3. The monoisotopic (exact) mass is 545 g/mol. The van der Waals surface area contributed by atoms with E-state index in [1.165, 1.54) is 6.92 Å². The van der Waals surface area contributed by atoms with E-state index in [1.807, 2.05) is 111 Å². The standard InChI is InChI=1S/C34H31N3O4/c1-22-10-11-23(2)30(20-22)37-34(41-24(3)38)32(33(36-37)27-14-18-29(40-4)19-15-27)26-12-16-28(17-13-26)35-31(39)21-25-8-6-5-7-9-25/h5-20H,21H2,1-4H3,(H,35,39). The van der Waals surface area contributed by atoms with Crippen LogP contribution in [0, 0.1) is 13.8 Å². The molecule has 0 spiro atoms. The number of carbonyl (C=O) groups excluding carboxylic acids is 2. The minimum atomic E-state index is -0.455. The second-order valence-corrected chi connectivity index (χ2v) is 9.84. The molecule has 1 heterocycles. The van der Waals surface area contributed by atoms with Crippen LogP contribution in [0.4, 0.5) is 5.69 Å². The largest absolute Gasteiger partial charge is 0.497 e. The summed E-state index contributed by atoms with van der Waals surface area (Å²) in [6, 6.07) is 30.7. The van der Waals surface area contributed by atoms with Gasteiger partial charge in [-0.25, -0.2) is 0 Å². The van der Waals surface area contributed by atoms with Crippen LogP contribution in [0.3, 0.4) is 0 Å². The van der Waals surface area contributed by atoms with Gasteiger partial charge in [0.2, 0.25) is 11.8 Å². The lowest BCUT2D eigenvalue weighted by atomic mass is 10.0. The Balaban J connectivity index is 1.59. The first kappa shape index (κ1) is 27.4. The SMILES string of the molecule is COc1ccc(-c2nn(-c3cc(C)ccc3C)c(OC(C)=O)c2-c2ccc(NC(=O)Cc3ccccc3)cc2)cc1. The van der Waals surface area contributed by atoms with E-state index in [2.05, 4.69) is 5.32 Å².